The number of benzene rings is 1. The summed E-state index contributed by atoms with van der Waals surface area (Å²) >= 11 is 2.71. The molecule has 0 fully saturated rings. The Balaban J connectivity index is 2.04. The second kappa shape index (κ2) is 8.85. The first kappa shape index (κ1) is 17.7. The van der Waals surface area contributed by atoms with E-state index in [-0.39, 0.29) is 11.3 Å². The number of thiazole rings is 1. The molecule has 23 heavy (non-hydrogen) atoms. The second-order valence-electron chi connectivity index (χ2n) is 4.67. The van der Waals surface area contributed by atoms with Crippen LogP contribution in [0.25, 0.3) is 10.2 Å². The number of amides is 1. The van der Waals surface area contributed by atoms with Gasteiger partial charge in [-0.15, -0.1) is 16.3 Å². The number of rotatable bonds is 5. The Morgan fingerprint density at radius 1 is 1.35 bits per heavy atom. The molecule has 1 aromatic heterocycles. The van der Waals surface area contributed by atoms with Crippen LogP contribution in [0.15, 0.2) is 33.6 Å². The molecule has 0 unspecified atom stereocenters. The van der Waals surface area contributed by atoms with Crippen molar-refractivity contribution in [2.75, 3.05) is 20.3 Å². The average molecular weight is 354 g/mol. The number of hydrogen-bond donors (Lipinski definition) is 0. The number of nitrogens with zero attached hydrogens (tertiary/aromatic N) is 2. The minimum absolute atomic E-state index is 0.122. The maximum atomic E-state index is 11.4. The van der Waals surface area contributed by atoms with Crippen LogP contribution in [0.3, 0.4) is 0 Å². The van der Waals surface area contributed by atoms with Gasteiger partial charge in [-0.3, -0.25) is 0 Å². The molecule has 0 aliphatic heterocycles. The van der Waals surface area contributed by atoms with Gasteiger partial charge < -0.3 is 14.2 Å². The lowest BCUT2D eigenvalue weighted by molar-refractivity contribution is 0.0535. The summed E-state index contributed by atoms with van der Waals surface area (Å²) in [6, 6.07) is 7.81. The maximum absolute atomic E-state index is 11.4. The van der Waals surface area contributed by atoms with Crippen molar-refractivity contribution >= 4 is 44.6 Å². The van der Waals surface area contributed by atoms with Crippen LogP contribution in [0, 0.1) is 0 Å². The monoisotopic (exact) mass is 354 g/mol. The van der Waals surface area contributed by atoms with E-state index < -0.39 is 6.09 Å². The van der Waals surface area contributed by atoms with Crippen LogP contribution in [0.5, 0.6) is 0 Å². The summed E-state index contributed by atoms with van der Waals surface area (Å²) in [7, 11) is 1.27. The molecule has 2 rings (SSSR count). The normalized spacial score (nSPS) is 11.9. The van der Waals surface area contributed by atoms with Gasteiger partial charge in [-0.1, -0.05) is 12.1 Å². The van der Waals surface area contributed by atoms with Crippen LogP contribution < -0.4 is 0 Å². The van der Waals surface area contributed by atoms with Gasteiger partial charge in [0.1, 0.15) is 6.61 Å². The van der Waals surface area contributed by atoms with Gasteiger partial charge in [0.05, 0.1) is 30.0 Å². The van der Waals surface area contributed by atoms with Crippen molar-refractivity contribution in [3.05, 3.63) is 24.3 Å². The van der Waals surface area contributed by atoms with Crippen LogP contribution in [0.4, 0.5) is 4.79 Å². The molecule has 0 spiro atoms. The molecule has 124 valence electrons. The maximum Gasteiger partial charge on any atom is 0.437 e. The minimum Gasteiger partial charge on any atom is -0.470 e. The number of methoxy groups -OCH3 is 1. The summed E-state index contributed by atoms with van der Waals surface area (Å²) < 4.78 is 17.3. The molecule has 0 aliphatic carbocycles. The van der Waals surface area contributed by atoms with Gasteiger partial charge in [0, 0.05) is 11.8 Å². The number of thioether (sulfide) groups is 1. The van der Waals surface area contributed by atoms with E-state index >= 15 is 0 Å². The third-order valence-corrected chi connectivity index (χ3v) is 4.55. The highest BCUT2D eigenvalue weighted by Crippen LogP contribution is 2.30. The van der Waals surface area contributed by atoms with E-state index in [9.17, 15) is 4.79 Å². The van der Waals surface area contributed by atoms with Crippen molar-refractivity contribution < 1.29 is 19.0 Å². The SMILES string of the molecule is COC(=O)/N=C(/OCCOC(C)C)Sc1nc2ccccc2s1. The first-order valence-electron chi connectivity index (χ1n) is 7.03. The molecule has 1 aromatic carbocycles. The van der Waals surface area contributed by atoms with E-state index in [2.05, 4.69) is 14.7 Å². The molecule has 1 heterocycles. The zero-order valence-electron chi connectivity index (χ0n) is 13.1. The highest BCUT2D eigenvalue weighted by molar-refractivity contribution is 8.14. The summed E-state index contributed by atoms with van der Waals surface area (Å²) in [5, 5.41) is 0.197. The van der Waals surface area contributed by atoms with Crippen molar-refractivity contribution in [1.29, 1.82) is 0 Å². The number of para-hydroxylation sites is 1. The molecule has 0 bridgehead atoms. The van der Waals surface area contributed by atoms with E-state index in [4.69, 9.17) is 9.47 Å². The lowest BCUT2D eigenvalue weighted by Gasteiger charge is -2.09. The summed E-state index contributed by atoms with van der Waals surface area (Å²) in [5.41, 5.74) is 0.903. The number of fused-ring (bicyclic) bond motifs is 1. The fourth-order valence-electron chi connectivity index (χ4n) is 1.59. The topological polar surface area (TPSA) is 70.0 Å². The zero-order valence-corrected chi connectivity index (χ0v) is 14.8. The lowest BCUT2D eigenvalue weighted by Crippen LogP contribution is -2.13. The van der Waals surface area contributed by atoms with E-state index in [1.165, 1.54) is 30.2 Å². The van der Waals surface area contributed by atoms with Crippen LogP contribution >= 0.6 is 23.1 Å². The third-order valence-electron chi connectivity index (χ3n) is 2.57. The lowest BCUT2D eigenvalue weighted by atomic mass is 10.3. The number of ether oxygens (including phenoxy) is 3. The predicted octanol–water partition coefficient (Wildman–Crippen LogP) is 3.95. The number of hydrogen-bond acceptors (Lipinski definition) is 7. The molecule has 0 saturated carbocycles. The van der Waals surface area contributed by atoms with Gasteiger partial charge in [0.25, 0.3) is 5.23 Å². The van der Waals surface area contributed by atoms with Crippen molar-refractivity contribution in [3.8, 4) is 0 Å². The molecule has 6 nitrogen and oxygen atoms in total. The zero-order chi connectivity index (χ0) is 16.7. The Morgan fingerprint density at radius 2 is 2.13 bits per heavy atom. The smallest absolute Gasteiger partial charge is 0.437 e. The van der Waals surface area contributed by atoms with E-state index in [1.54, 1.807) is 0 Å². The van der Waals surface area contributed by atoms with E-state index in [0.717, 1.165) is 14.6 Å². The second-order valence-corrected chi connectivity index (χ2v) is 6.89. The summed E-state index contributed by atoms with van der Waals surface area (Å²) in [6.45, 7) is 4.60. The van der Waals surface area contributed by atoms with Gasteiger partial charge >= 0.3 is 6.09 Å². The highest BCUT2D eigenvalue weighted by Gasteiger charge is 2.12. The third kappa shape index (κ3) is 5.81. The number of carbonyl (C=O) groups is 1. The quantitative estimate of drug-likeness (QED) is 0.350. The van der Waals surface area contributed by atoms with Crippen molar-refractivity contribution in [2.45, 2.75) is 24.3 Å². The van der Waals surface area contributed by atoms with Crippen LogP contribution in [0.1, 0.15) is 13.8 Å². The molecule has 0 radical (unpaired) electrons. The molecule has 8 heteroatoms. The molecule has 0 N–H and O–H groups in total. The van der Waals surface area contributed by atoms with Gasteiger partial charge in [-0.2, -0.15) is 0 Å². The van der Waals surface area contributed by atoms with Gasteiger partial charge in [-0.05, 0) is 26.0 Å². The largest absolute Gasteiger partial charge is 0.470 e. The van der Waals surface area contributed by atoms with Crippen molar-refractivity contribution in [2.24, 2.45) is 4.99 Å². The number of carbonyl (C=O) groups excluding carboxylic acids is 1. The minimum atomic E-state index is -0.710. The number of aromatic nitrogens is 1. The molecule has 0 saturated heterocycles. The van der Waals surface area contributed by atoms with E-state index in [1.807, 2.05) is 38.1 Å². The molecule has 0 aliphatic rings. The van der Waals surface area contributed by atoms with Gasteiger partial charge in [0.2, 0.25) is 0 Å². The van der Waals surface area contributed by atoms with Crippen LogP contribution in [-0.4, -0.2) is 42.7 Å². The Labute approximate surface area is 142 Å². The summed E-state index contributed by atoms with van der Waals surface area (Å²) in [4.78, 5) is 19.6. The first-order valence-corrected chi connectivity index (χ1v) is 8.66. The fourth-order valence-corrected chi connectivity index (χ4v) is 3.49. The molecular weight excluding hydrogens is 336 g/mol. The van der Waals surface area contributed by atoms with E-state index in [0.29, 0.717) is 13.2 Å². The highest BCUT2D eigenvalue weighted by atomic mass is 32.2. The Bertz CT molecular complexity index is 652. The van der Waals surface area contributed by atoms with Crippen molar-refractivity contribution in [3.63, 3.8) is 0 Å². The Kier molecular flexibility index (Phi) is 6.82. The first-order chi connectivity index (χ1) is 11.1. The molecular formula is C15H18N2O4S2. The Morgan fingerprint density at radius 3 is 2.83 bits per heavy atom. The molecule has 0 atom stereocenters. The summed E-state index contributed by atoms with van der Waals surface area (Å²) in [6.07, 6.45) is -0.588. The van der Waals surface area contributed by atoms with Crippen LogP contribution in [-0.2, 0) is 14.2 Å². The van der Waals surface area contributed by atoms with Crippen LogP contribution in [0.2, 0.25) is 0 Å². The molecule has 1 amide bonds. The fraction of sp³-hybridized carbons (Fsp3) is 0.400. The predicted molar refractivity (Wildman–Crippen MR) is 92.4 cm³/mol. The molecule has 2 aromatic rings. The average Bonchev–Trinajstić information content (AvgIpc) is 2.93. The van der Waals surface area contributed by atoms with Gasteiger partial charge in [-0.25, -0.2) is 9.78 Å². The van der Waals surface area contributed by atoms with Gasteiger partial charge in [0.15, 0.2) is 4.34 Å². The van der Waals surface area contributed by atoms with Crippen molar-refractivity contribution in [1.82, 2.24) is 4.98 Å². The standard InChI is InChI=1S/C15H18N2O4S2/c1-10(2)20-8-9-21-14(17-13(18)19-3)23-15-16-11-6-4-5-7-12(11)22-15/h4-7,10H,8-9H2,1-3H3/b17-14-. The Hall–Kier alpha value is -1.64. The summed E-state index contributed by atoms with van der Waals surface area (Å²) in [5.74, 6) is 0. The number of aliphatic imine (C=N–C) groups is 1.